The van der Waals surface area contributed by atoms with Gasteiger partial charge in [-0.05, 0) is 37.3 Å². The summed E-state index contributed by atoms with van der Waals surface area (Å²) in [4.78, 5) is 20.5. The number of nitrogen functional groups attached to an aromatic ring is 1. The monoisotopic (exact) mass is 256 g/mol. The van der Waals surface area contributed by atoms with Crippen molar-refractivity contribution in [2.24, 2.45) is 5.92 Å². The molecule has 0 aliphatic heterocycles. The number of aromatic nitrogens is 2. The second-order valence-electron chi connectivity index (χ2n) is 4.95. The molecule has 5 nitrogen and oxygen atoms in total. The van der Waals surface area contributed by atoms with Crippen LogP contribution in [0, 0.1) is 5.92 Å². The molecule has 0 radical (unpaired) electrons. The van der Waals surface area contributed by atoms with Gasteiger partial charge < -0.3 is 11.1 Å². The van der Waals surface area contributed by atoms with Gasteiger partial charge in [-0.2, -0.15) is 0 Å². The van der Waals surface area contributed by atoms with Crippen LogP contribution in [0.3, 0.4) is 0 Å². The van der Waals surface area contributed by atoms with Crippen molar-refractivity contribution in [2.45, 2.75) is 19.3 Å². The quantitative estimate of drug-likeness (QED) is 0.872. The molecule has 2 aromatic rings. The maximum atomic E-state index is 12.0. The summed E-state index contributed by atoms with van der Waals surface area (Å²) < 4.78 is 0. The zero-order valence-corrected chi connectivity index (χ0v) is 10.8. The number of rotatable bonds is 3. The van der Waals surface area contributed by atoms with E-state index in [9.17, 15) is 4.79 Å². The van der Waals surface area contributed by atoms with E-state index in [4.69, 9.17) is 5.73 Å². The third kappa shape index (κ3) is 2.23. The van der Waals surface area contributed by atoms with Crippen molar-refractivity contribution in [1.82, 2.24) is 15.3 Å². The fourth-order valence-corrected chi connectivity index (χ4v) is 2.35. The Morgan fingerprint density at radius 1 is 1.42 bits per heavy atom. The highest BCUT2D eigenvalue weighted by Gasteiger charge is 2.25. The van der Waals surface area contributed by atoms with Crippen LogP contribution in [0.1, 0.15) is 28.9 Å². The third-order valence-electron chi connectivity index (χ3n) is 3.47. The van der Waals surface area contributed by atoms with Crippen molar-refractivity contribution in [2.75, 3.05) is 12.8 Å². The SMILES string of the molecule is CNC(=O)c1cccc2nc(N)nc(CC3CC3)c12. The number of hydrogen-bond donors (Lipinski definition) is 2. The summed E-state index contributed by atoms with van der Waals surface area (Å²) in [6.45, 7) is 0. The van der Waals surface area contributed by atoms with Crippen molar-refractivity contribution in [3.63, 3.8) is 0 Å². The van der Waals surface area contributed by atoms with Crippen LogP contribution < -0.4 is 11.1 Å². The van der Waals surface area contributed by atoms with Gasteiger partial charge in [0.05, 0.1) is 16.8 Å². The van der Waals surface area contributed by atoms with Crippen LogP contribution in [0.4, 0.5) is 5.95 Å². The molecule has 0 unspecified atom stereocenters. The number of nitrogens with two attached hydrogens (primary N) is 1. The number of nitrogens with one attached hydrogen (secondary N) is 1. The minimum Gasteiger partial charge on any atom is -0.368 e. The highest BCUT2D eigenvalue weighted by atomic mass is 16.1. The van der Waals surface area contributed by atoms with Gasteiger partial charge in [0.25, 0.3) is 5.91 Å². The first-order valence-corrected chi connectivity index (χ1v) is 6.46. The van der Waals surface area contributed by atoms with Crippen LogP contribution in [-0.4, -0.2) is 22.9 Å². The molecular weight excluding hydrogens is 240 g/mol. The molecule has 3 rings (SSSR count). The molecule has 1 saturated carbocycles. The number of carbonyl (C=O) groups excluding carboxylic acids is 1. The number of anilines is 1. The minimum absolute atomic E-state index is 0.115. The Morgan fingerprint density at radius 3 is 2.89 bits per heavy atom. The van der Waals surface area contributed by atoms with E-state index in [1.165, 1.54) is 12.8 Å². The molecule has 1 fully saturated rings. The lowest BCUT2D eigenvalue weighted by atomic mass is 10.0. The molecule has 1 aromatic carbocycles. The molecule has 0 bridgehead atoms. The topological polar surface area (TPSA) is 80.9 Å². The standard InChI is InChI=1S/C14H16N4O/c1-16-13(19)9-3-2-4-10-12(9)11(7-8-5-6-8)18-14(15)17-10/h2-4,8H,5-7H2,1H3,(H,16,19)(H2,15,17,18). The predicted molar refractivity (Wildman–Crippen MR) is 73.8 cm³/mol. The molecule has 98 valence electrons. The van der Waals surface area contributed by atoms with E-state index in [2.05, 4.69) is 15.3 Å². The Labute approximate surface area is 111 Å². The highest BCUT2D eigenvalue weighted by Crippen LogP contribution is 2.34. The molecule has 1 amide bonds. The number of benzene rings is 1. The van der Waals surface area contributed by atoms with Crippen molar-refractivity contribution in [3.05, 3.63) is 29.5 Å². The first-order chi connectivity index (χ1) is 9.19. The maximum absolute atomic E-state index is 12.0. The second-order valence-corrected chi connectivity index (χ2v) is 4.95. The fraction of sp³-hybridized carbons (Fsp3) is 0.357. The molecule has 0 atom stereocenters. The molecular formula is C14H16N4O. The molecule has 1 aromatic heterocycles. The minimum atomic E-state index is -0.115. The van der Waals surface area contributed by atoms with E-state index >= 15 is 0 Å². The van der Waals surface area contributed by atoms with Crippen molar-refractivity contribution in [3.8, 4) is 0 Å². The van der Waals surface area contributed by atoms with Crippen molar-refractivity contribution < 1.29 is 4.79 Å². The van der Waals surface area contributed by atoms with Crippen LogP contribution in [0.5, 0.6) is 0 Å². The lowest BCUT2D eigenvalue weighted by Crippen LogP contribution is -2.19. The number of hydrogen-bond acceptors (Lipinski definition) is 4. The zero-order valence-electron chi connectivity index (χ0n) is 10.8. The average molecular weight is 256 g/mol. The maximum Gasteiger partial charge on any atom is 0.251 e. The summed E-state index contributed by atoms with van der Waals surface area (Å²) in [6, 6.07) is 5.49. The van der Waals surface area contributed by atoms with Gasteiger partial charge in [0.15, 0.2) is 0 Å². The normalized spacial score (nSPS) is 14.6. The summed E-state index contributed by atoms with van der Waals surface area (Å²) in [6.07, 6.45) is 3.33. The van der Waals surface area contributed by atoms with E-state index in [-0.39, 0.29) is 11.9 Å². The predicted octanol–water partition coefficient (Wildman–Crippen LogP) is 1.52. The lowest BCUT2D eigenvalue weighted by molar-refractivity contribution is 0.0964. The Hall–Kier alpha value is -2.17. The number of nitrogens with zero attached hydrogens (tertiary/aromatic N) is 2. The first kappa shape index (κ1) is 11.9. The summed E-state index contributed by atoms with van der Waals surface area (Å²) in [5.41, 5.74) is 8.01. The molecule has 1 aliphatic rings. The van der Waals surface area contributed by atoms with Gasteiger partial charge >= 0.3 is 0 Å². The van der Waals surface area contributed by atoms with Gasteiger partial charge in [0.1, 0.15) is 0 Å². The molecule has 3 N–H and O–H groups in total. The Kier molecular flexibility index (Phi) is 2.81. The summed E-state index contributed by atoms with van der Waals surface area (Å²) in [5, 5.41) is 3.49. The second kappa shape index (κ2) is 4.50. The Bertz CT molecular complexity index is 649. The molecule has 19 heavy (non-hydrogen) atoms. The van der Waals surface area contributed by atoms with Gasteiger partial charge in [-0.3, -0.25) is 4.79 Å². The summed E-state index contributed by atoms with van der Waals surface area (Å²) in [7, 11) is 1.62. The smallest absolute Gasteiger partial charge is 0.251 e. The number of fused-ring (bicyclic) bond motifs is 1. The van der Waals surface area contributed by atoms with Crippen molar-refractivity contribution >= 4 is 22.8 Å². The van der Waals surface area contributed by atoms with Gasteiger partial charge in [-0.15, -0.1) is 0 Å². The van der Waals surface area contributed by atoms with Gasteiger partial charge in [-0.25, -0.2) is 9.97 Å². The van der Waals surface area contributed by atoms with E-state index in [1.54, 1.807) is 13.1 Å². The molecule has 1 aliphatic carbocycles. The van der Waals surface area contributed by atoms with Crippen LogP contribution in [0.15, 0.2) is 18.2 Å². The van der Waals surface area contributed by atoms with Gasteiger partial charge in [0, 0.05) is 12.4 Å². The summed E-state index contributed by atoms with van der Waals surface area (Å²) in [5.74, 6) is 0.837. The first-order valence-electron chi connectivity index (χ1n) is 6.46. The van der Waals surface area contributed by atoms with E-state index in [0.29, 0.717) is 11.5 Å². The van der Waals surface area contributed by atoms with E-state index in [1.807, 2.05) is 12.1 Å². The highest BCUT2D eigenvalue weighted by molar-refractivity contribution is 6.07. The molecule has 1 heterocycles. The van der Waals surface area contributed by atoms with Crippen molar-refractivity contribution in [1.29, 1.82) is 0 Å². The summed E-state index contributed by atoms with van der Waals surface area (Å²) >= 11 is 0. The molecule has 5 heteroatoms. The molecule has 0 spiro atoms. The van der Waals surface area contributed by atoms with Gasteiger partial charge in [-0.1, -0.05) is 6.07 Å². The van der Waals surface area contributed by atoms with Gasteiger partial charge in [0.2, 0.25) is 5.95 Å². The number of amides is 1. The van der Waals surface area contributed by atoms with E-state index in [0.717, 1.165) is 23.0 Å². The van der Waals surface area contributed by atoms with E-state index < -0.39 is 0 Å². The third-order valence-corrected chi connectivity index (χ3v) is 3.47. The Morgan fingerprint density at radius 2 is 2.21 bits per heavy atom. The average Bonchev–Trinajstić information content (AvgIpc) is 3.20. The zero-order chi connectivity index (χ0) is 13.4. The Balaban J connectivity index is 2.22. The van der Waals surface area contributed by atoms with Crippen LogP contribution in [-0.2, 0) is 6.42 Å². The largest absolute Gasteiger partial charge is 0.368 e. The van der Waals surface area contributed by atoms with Crippen LogP contribution >= 0.6 is 0 Å². The lowest BCUT2D eigenvalue weighted by Gasteiger charge is -2.10. The fourth-order valence-electron chi connectivity index (χ4n) is 2.35. The molecule has 0 saturated heterocycles. The number of carbonyl (C=O) groups is 1. The van der Waals surface area contributed by atoms with Crippen LogP contribution in [0.2, 0.25) is 0 Å². The van der Waals surface area contributed by atoms with Crippen LogP contribution in [0.25, 0.3) is 10.9 Å².